The molecule has 1 aromatic heterocycles. The third-order valence-corrected chi connectivity index (χ3v) is 4.94. The van der Waals surface area contributed by atoms with Crippen LogP contribution in [0.5, 0.6) is 0 Å². The molecule has 12 nitrogen and oxygen atoms in total. The van der Waals surface area contributed by atoms with Gasteiger partial charge in [0.05, 0.1) is 22.8 Å². The largest absolute Gasteiger partial charge is 0.461 e. The number of benzene rings is 1. The van der Waals surface area contributed by atoms with Crippen molar-refractivity contribution >= 4 is 35.1 Å². The molecule has 36 heavy (non-hydrogen) atoms. The fraction of sp³-hybridized carbons (Fsp3) is 0.478. The van der Waals surface area contributed by atoms with Crippen molar-refractivity contribution in [2.45, 2.75) is 52.2 Å². The van der Waals surface area contributed by atoms with Gasteiger partial charge in [0.1, 0.15) is 11.4 Å². The molecule has 0 atom stereocenters. The van der Waals surface area contributed by atoms with E-state index in [4.69, 9.17) is 14.2 Å². The molecule has 1 aliphatic rings. The molecule has 2 N–H and O–H groups in total. The Morgan fingerprint density at radius 2 is 1.92 bits per heavy atom. The van der Waals surface area contributed by atoms with Crippen LogP contribution in [0.3, 0.4) is 0 Å². The summed E-state index contributed by atoms with van der Waals surface area (Å²) in [5, 5.41) is 17.6. The van der Waals surface area contributed by atoms with Crippen LogP contribution in [-0.4, -0.2) is 58.3 Å². The molecule has 0 radical (unpaired) electrons. The Labute approximate surface area is 206 Å². The summed E-state index contributed by atoms with van der Waals surface area (Å²) in [6.45, 7) is 7.45. The molecule has 0 aliphatic carbocycles. The summed E-state index contributed by atoms with van der Waals surface area (Å²) < 4.78 is 29.8. The molecular weight excluding hydrogens is 477 g/mol. The molecule has 1 fully saturated rings. The zero-order valence-corrected chi connectivity index (χ0v) is 20.4. The molecule has 0 amide bonds. The average molecular weight is 506 g/mol. The first-order chi connectivity index (χ1) is 17.0. The summed E-state index contributed by atoms with van der Waals surface area (Å²) in [4.78, 5) is 44.6. The number of nitrogens with zero attached hydrogens (tertiary/aromatic N) is 3. The number of nitrogens with one attached hydrogen (secondary N) is 2. The molecule has 2 heterocycles. The first-order valence-electron chi connectivity index (χ1n) is 11.4. The van der Waals surface area contributed by atoms with E-state index in [0.717, 1.165) is 12.1 Å². The maximum atomic E-state index is 14.1. The number of hydrogen-bond donors (Lipinski definition) is 2. The third kappa shape index (κ3) is 6.84. The van der Waals surface area contributed by atoms with Gasteiger partial charge in [-0.15, -0.1) is 0 Å². The smallest absolute Gasteiger partial charge is 0.364 e. The van der Waals surface area contributed by atoms with E-state index in [1.54, 1.807) is 27.7 Å². The van der Waals surface area contributed by atoms with Gasteiger partial charge in [0.2, 0.25) is 17.5 Å². The Balaban J connectivity index is 2.08. The fourth-order valence-electron chi connectivity index (χ4n) is 3.41. The number of rotatable bonds is 8. The summed E-state index contributed by atoms with van der Waals surface area (Å²) in [5.41, 5.74) is -2.14. The fourth-order valence-corrected chi connectivity index (χ4v) is 3.41. The number of aromatic nitrogens is 2. The number of ether oxygens (including phenoxy) is 3. The van der Waals surface area contributed by atoms with Crippen molar-refractivity contribution in [1.82, 2.24) is 9.97 Å². The van der Waals surface area contributed by atoms with Crippen molar-refractivity contribution in [3.8, 4) is 0 Å². The van der Waals surface area contributed by atoms with Gasteiger partial charge in [-0.25, -0.2) is 14.0 Å². The van der Waals surface area contributed by atoms with Gasteiger partial charge in [0.25, 0.3) is 0 Å². The predicted molar refractivity (Wildman–Crippen MR) is 127 cm³/mol. The van der Waals surface area contributed by atoms with Crippen LogP contribution in [0.2, 0.25) is 0 Å². The van der Waals surface area contributed by atoms with Crippen LogP contribution in [0.15, 0.2) is 18.2 Å². The van der Waals surface area contributed by atoms with E-state index in [2.05, 4.69) is 20.6 Å². The van der Waals surface area contributed by atoms with E-state index in [0.29, 0.717) is 26.1 Å². The normalized spacial score (nSPS) is 14.1. The molecule has 0 bridgehead atoms. The zero-order chi connectivity index (χ0) is 26.5. The van der Waals surface area contributed by atoms with Crippen molar-refractivity contribution in [1.29, 1.82) is 0 Å². The molecular formula is C23H28FN5O7. The van der Waals surface area contributed by atoms with Gasteiger partial charge in [0, 0.05) is 19.3 Å². The maximum absolute atomic E-state index is 14.1. The lowest BCUT2D eigenvalue weighted by molar-refractivity contribution is -0.384. The van der Waals surface area contributed by atoms with E-state index < -0.39 is 39.7 Å². The highest BCUT2D eigenvalue weighted by Crippen LogP contribution is 2.31. The van der Waals surface area contributed by atoms with Crippen LogP contribution in [0.4, 0.5) is 27.5 Å². The van der Waals surface area contributed by atoms with Gasteiger partial charge in [-0.05, 0) is 58.7 Å². The minimum atomic E-state index is -1.03. The zero-order valence-electron chi connectivity index (χ0n) is 20.4. The third-order valence-electron chi connectivity index (χ3n) is 4.94. The topological polar surface area (TPSA) is 155 Å². The van der Waals surface area contributed by atoms with E-state index in [1.807, 2.05) is 0 Å². The quantitative estimate of drug-likeness (QED) is 0.304. The molecule has 0 saturated carbocycles. The van der Waals surface area contributed by atoms with Crippen LogP contribution in [0.1, 0.15) is 61.4 Å². The van der Waals surface area contributed by atoms with Crippen LogP contribution in [0, 0.1) is 15.9 Å². The minimum Gasteiger partial charge on any atom is -0.461 e. The molecule has 0 unspecified atom stereocenters. The molecule has 13 heteroatoms. The van der Waals surface area contributed by atoms with Gasteiger partial charge in [-0.2, -0.15) is 9.97 Å². The lowest BCUT2D eigenvalue weighted by Crippen LogP contribution is -2.29. The number of nitro groups is 1. The number of hydrogen-bond acceptors (Lipinski definition) is 11. The van der Waals surface area contributed by atoms with Crippen molar-refractivity contribution in [3.63, 3.8) is 0 Å². The van der Waals surface area contributed by atoms with E-state index in [9.17, 15) is 24.1 Å². The predicted octanol–water partition coefficient (Wildman–Crippen LogP) is 3.99. The van der Waals surface area contributed by atoms with Crippen LogP contribution in [-0.2, 0) is 14.2 Å². The summed E-state index contributed by atoms with van der Waals surface area (Å²) in [6, 6.07) is 3.13. The Morgan fingerprint density at radius 3 is 2.53 bits per heavy atom. The second-order valence-corrected chi connectivity index (χ2v) is 8.92. The van der Waals surface area contributed by atoms with Gasteiger partial charge in [0.15, 0.2) is 0 Å². The minimum absolute atomic E-state index is 0.0232. The van der Waals surface area contributed by atoms with Gasteiger partial charge < -0.3 is 24.8 Å². The summed E-state index contributed by atoms with van der Waals surface area (Å²) in [5.74, 6) is -2.94. The molecule has 0 spiro atoms. The Bertz CT molecular complexity index is 1150. The summed E-state index contributed by atoms with van der Waals surface area (Å²) in [7, 11) is 0. The van der Waals surface area contributed by atoms with Crippen LogP contribution >= 0.6 is 0 Å². The second-order valence-electron chi connectivity index (χ2n) is 8.92. The Morgan fingerprint density at radius 1 is 1.22 bits per heavy atom. The van der Waals surface area contributed by atoms with Crippen molar-refractivity contribution < 1.29 is 33.1 Å². The maximum Gasteiger partial charge on any atom is 0.364 e. The molecule has 1 aliphatic heterocycles. The van der Waals surface area contributed by atoms with Crippen molar-refractivity contribution in [2.24, 2.45) is 0 Å². The highest BCUT2D eigenvalue weighted by atomic mass is 19.1. The Kier molecular flexibility index (Phi) is 8.35. The van der Waals surface area contributed by atoms with Crippen LogP contribution in [0.25, 0.3) is 0 Å². The SMILES string of the molecule is CCOC(=O)c1nc(Nc2cc(F)ccc2C(=O)OC(C)(C)C)nc(NC2CCOCC2)c1[N+](=O)[O-]. The molecule has 1 aromatic carbocycles. The van der Waals surface area contributed by atoms with Crippen LogP contribution < -0.4 is 10.6 Å². The highest BCUT2D eigenvalue weighted by molar-refractivity contribution is 5.97. The number of anilines is 3. The van der Waals surface area contributed by atoms with Crippen molar-refractivity contribution in [3.05, 3.63) is 45.4 Å². The van der Waals surface area contributed by atoms with E-state index in [1.165, 1.54) is 6.07 Å². The van der Waals surface area contributed by atoms with E-state index >= 15 is 0 Å². The van der Waals surface area contributed by atoms with E-state index in [-0.39, 0.29) is 35.7 Å². The number of carbonyl (C=O) groups is 2. The van der Waals surface area contributed by atoms with Crippen molar-refractivity contribution in [2.75, 3.05) is 30.5 Å². The summed E-state index contributed by atoms with van der Waals surface area (Å²) in [6.07, 6.45) is 1.12. The monoisotopic (exact) mass is 505 g/mol. The molecule has 2 aromatic rings. The van der Waals surface area contributed by atoms with Gasteiger partial charge >= 0.3 is 17.6 Å². The first kappa shape index (κ1) is 26.7. The highest BCUT2D eigenvalue weighted by Gasteiger charge is 2.32. The first-order valence-corrected chi connectivity index (χ1v) is 11.4. The standard InChI is InChI=1S/C23H28FN5O7/c1-5-35-21(31)17-18(29(32)33)19(25-14-8-10-34-11-9-14)28-22(27-17)26-16-12-13(24)6-7-15(16)20(30)36-23(2,3)4/h6-7,12,14H,5,8-11H2,1-4H3,(H2,25,26,27,28). The molecule has 194 valence electrons. The van der Waals surface area contributed by atoms with Gasteiger partial charge in [-0.3, -0.25) is 10.1 Å². The molecule has 1 saturated heterocycles. The number of halogens is 1. The lowest BCUT2D eigenvalue weighted by Gasteiger charge is -2.24. The summed E-state index contributed by atoms with van der Waals surface area (Å²) >= 11 is 0. The van der Waals surface area contributed by atoms with Gasteiger partial charge in [-0.1, -0.05) is 0 Å². The number of carbonyl (C=O) groups excluding carboxylic acids is 2. The lowest BCUT2D eigenvalue weighted by atomic mass is 10.1. The Hall–Kier alpha value is -3.87. The second kappa shape index (κ2) is 11.2. The molecule has 3 rings (SSSR count). The number of esters is 2. The average Bonchev–Trinajstić information content (AvgIpc) is 2.78.